The van der Waals surface area contributed by atoms with Crippen LogP contribution < -0.4 is 5.32 Å². The average Bonchev–Trinajstić information content (AvgIpc) is 2.72. The lowest BCUT2D eigenvalue weighted by Gasteiger charge is -2.10. The molecule has 1 atom stereocenters. The first kappa shape index (κ1) is 11.6. The van der Waals surface area contributed by atoms with Crippen LogP contribution in [0.3, 0.4) is 0 Å². The number of aromatic amines is 1. The van der Waals surface area contributed by atoms with Gasteiger partial charge in [-0.05, 0) is 19.1 Å². The normalized spacial score (nSPS) is 12.6. The van der Waals surface area contributed by atoms with Gasteiger partial charge in [-0.15, -0.1) is 0 Å². The third-order valence-corrected chi connectivity index (χ3v) is 2.47. The van der Waals surface area contributed by atoms with E-state index in [4.69, 9.17) is 4.74 Å². The minimum absolute atomic E-state index is 0.0601. The SMILES string of the molecule is COCC(=O)N[C@H](C)c1nc2ccccc2[nH]1. The largest absolute Gasteiger partial charge is 0.375 e. The molecular weight excluding hydrogens is 218 g/mol. The maximum absolute atomic E-state index is 11.4. The van der Waals surface area contributed by atoms with Crippen molar-refractivity contribution in [3.05, 3.63) is 30.1 Å². The summed E-state index contributed by atoms with van der Waals surface area (Å²) in [4.78, 5) is 19.0. The van der Waals surface area contributed by atoms with Crippen LogP contribution in [0.2, 0.25) is 0 Å². The minimum Gasteiger partial charge on any atom is -0.375 e. The number of nitrogens with zero attached hydrogens (tertiary/aromatic N) is 1. The molecule has 0 aliphatic carbocycles. The first-order valence-corrected chi connectivity index (χ1v) is 5.43. The summed E-state index contributed by atoms with van der Waals surface area (Å²) in [7, 11) is 1.49. The number of hydrogen-bond donors (Lipinski definition) is 2. The van der Waals surface area contributed by atoms with E-state index in [2.05, 4.69) is 15.3 Å². The highest BCUT2D eigenvalue weighted by Gasteiger charge is 2.12. The van der Waals surface area contributed by atoms with Gasteiger partial charge in [0, 0.05) is 7.11 Å². The number of H-pyrrole nitrogens is 1. The smallest absolute Gasteiger partial charge is 0.246 e. The third-order valence-electron chi connectivity index (χ3n) is 2.47. The number of nitrogens with one attached hydrogen (secondary N) is 2. The van der Waals surface area contributed by atoms with Crippen molar-refractivity contribution >= 4 is 16.9 Å². The quantitative estimate of drug-likeness (QED) is 0.838. The highest BCUT2D eigenvalue weighted by molar-refractivity contribution is 5.78. The second-order valence-corrected chi connectivity index (χ2v) is 3.86. The van der Waals surface area contributed by atoms with E-state index < -0.39 is 0 Å². The van der Waals surface area contributed by atoms with Crippen LogP contribution in [0.1, 0.15) is 18.8 Å². The van der Waals surface area contributed by atoms with Gasteiger partial charge in [0.1, 0.15) is 12.4 Å². The summed E-state index contributed by atoms with van der Waals surface area (Å²) in [6.07, 6.45) is 0. The van der Waals surface area contributed by atoms with Gasteiger partial charge in [-0.3, -0.25) is 4.79 Å². The van der Waals surface area contributed by atoms with E-state index in [9.17, 15) is 4.79 Å². The number of aromatic nitrogens is 2. The molecule has 1 aromatic carbocycles. The van der Waals surface area contributed by atoms with Gasteiger partial charge >= 0.3 is 0 Å². The summed E-state index contributed by atoms with van der Waals surface area (Å²) >= 11 is 0. The second-order valence-electron chi connectivity index (χ2n) is 3.86. The molecule has 0 saturated heterocycles. The molecular formula is C12H15N3O2. The number of para-hydroxylation sites is 2. The predicted octanol–water partition coefficient (Wildman–Crippen LogP) is 1.39. The van der Waals surface area contributed by atoms with E-state index in [1.807, 2.05) is 31.2 Å². The van der Waals surface area contributed by atoms with Crippen molar-refractivity contribution in [3.8, 4) is 0 Å². The molecule has 2 aromatic rings. The highest BCUT2D eigenvalue weighted by atomic mass is 16.5. The van der Waals surface area contributed by atoms with Crippen LogP contribution in [0.4, 0.5) is 0 Å². The van der Waals surface area contributed by atoms with Crippen molar-refractivity contribution in [1.82, 2.24) is 15.3 Å². The number of methoxy groups -OCH3 is 1. The highest BCUT2D eigenvalue weighted by Crippen LogP contribution is 2.15. The lowest BCUT2D eigenvalue weighted by molar-refractivity contribution is -0.125. The Morgan fingerprint density at radius 2 is 2.29 bits per heavy atom. The maximum Gasteiger partial charge on any atom is 0.246 e. The topological polar surface area (TPSA) is 67.0 Å². The Kier molecular flexibility index (Phi) is 3.39. The van der Waals surface area contributed by atoms with E-state index in [-0.39, 0.29) is 18.6 Å². The molecule has 90 valence electrons. The summed E-state index contributed by atoms with van der Waals surface area (Å²) in [5.41, 5.74) is 1.87. The lowest BCUT2D eigenvalue weighted by atomic mass is 10.3. The Hall–Kier alpha value is -1.88. The van der Waals surface area contributed by atoms with E-state index in [1.54, 1.807) is 0 Å². The number of benzene rings is 1. The van der Waals surface area contributed by atoms with Crippen LogP contribution >= 0.6 is 0 Å². The van der Waals surface area contributed by atoms with Gasteiger partial charge in [0.15, 0.2) is 0 Å². The van der Waals surface area contributed by atoms with Crippen LogP contribution in [-0.4, -0.2) is 29.6 Å². The first-order chi connectivity index (χ1) is 8.20. The molecule has 0 radical (unpaired) electrons. The van der Waals surface area contributed by atoms with E-state index in [1.165, 1.54) is 7.11 Å². The molecule has 2 rings (SSSR count). The zero-order valence-corrected chi connectivity index (χ0v) is 9.86. The van der Waals surface area contributed by atoms with Crippen LogP contribution in [0, 0.1) is 0 Å². The molecule has 0 aliphatic heterocycles. The fourth-order valence-electron chi connectivity index (χ4n) is 1.66. The standard InChI is InChI=1S/C12H15N3O2/c1-8(13-11(16)7-17-2)12-14-9-5-3-4-6-10(9)15-12/h3-6,8H,7H2,1-2H3,(H,13,16)(H,14,15)/t8-/m1/s1. The Labute approximate surface area is 99.2 Å². The van der Waals surface area contributed by atoms with E-state index >= 15 is 0 Å². The monoisotopic (exact) mass is 233 g/mol. The van der Waals surface area contributed by atoms with Crippen LogP contribution in [-0.2, 0) is 9.53 Å². The van der Waals surface area contributed by atoms with Crippen molar-refractivity contribution in [2.75, 3.05) is 13.7 Å². The number of carbonyl (C=O) groups excluding carboxylic acids is 1. The van der Waals surface area contributed by atoms with Gasteiger partial charge in [-0.1, -0.05) is 12.1 Å². The molecule has 0 unspecified atom stereocenters. The van der Waals surface area contributed by atoms with E-state index in [0.29, 0.717) is 0 Å². The van der Waals surface area contributed by atoms with Crippen molar-refractivity contribution < 1.29 is 9.53 Å². The molecule has 0 fully saturated rings. The fourth-order valence-corrected chi connectivity index (χ4v) is 1.66. The maximum atomic E-state index is 11.4. The number of hydrogen-bond acceptors (Lipinski definition) is 3. The van der Waals surface area contributed by atoms with Crippen molar-refractivity contribution in [2.45, 2.75) is 13.0 Å². The summed E-state index contributed by atoms with van der Waals surface area (Å²) in [5, 5.41) is 2.80. The van der Waals surface area contributed by atoms with Gasteiger partial charge in [0.25, 0.3) is 0 Å². The predicted molar refractivity (Wildman–Crippen MR) is 64.5 cm³/mol. The number of carbonyl (C=O) groups is 1. The molecule has 1 aromatic heterocycles. The number of fused-ring (bicyclic) bond motifs is 1. The summed E-state index contributed by atoms with van der Waals surface area (Å²) in [5.74, 6) is 0.594. The summed E-state index contributed by atoms with van der Waals surface area (Å²) in [6.45, 7) is 1.94. The van der Waals surface area contributed by atoms with E-state index in [0.717, 1.165) is 16.9 Å². The molecule has 2 N–H and O–H groups in total. The van der Waals surface area contributed by atoms with Gasteiger partial charge in [0.05, 0.1) is 17.1 Å². The summed E-state index contributed by atoms with van der Waals surface area (Å²) < 4.78 is 4.76. The number of rotatable bonds is 4. The van der Waals surface area contributed by atoms with Crippen molar-refractivity contribution in [1.29, 1.82) is 0 Å². The fraction of sp³-hybridized carbons (Fsp3) is 0.333. The molecule has 1 amide bonds. The van der Waals surface area contributed by atoms with Crippen LogP contribution in [0.5, 0.6) is 0 Å². The molecule has 5 nitrogen and oxygen atoms in total. The molecule has 0 aliphatic rings. The lowest BCUT2D eigenvalue weighted by Crippen LogP contribution is -2.30. The molecule has 17 heavy (non-hydrogen) atoms. The zero-order chi connectivity index (χ0) is 12.3. The first-order valence-electron chi connectivity index (χ1n) is 5.43. The average molecular weight is 233 g/mol. The zero-order valence-electron chi connectivity index (χ0n) is 9.86. The second kappa shape index (κ2) is 4.97. The van der Waals surface area contributed by atoms with Crippen LogP contribution in [0.25, 0.3) is 11.0 Å². The minimum atomic E-state index is -0.162. The molecule has 5 heteroatoms. The molecule has 0 spiro atoms. The van der Waals surface area contributed by atoms with Gasteiger partial charge in [-0.25, -0.2) is 4.98 Å². The number of amides is 1. The Balaban J connectivity index is 2.13. The van der Waals surface area contributed by atoms with Gasteiger partial charge in [-0.2, -0.15) is 0 Å². The molecule has 1 heterocycles. The Bertz CT molecular complexity index is 488. The summed E-state index contributed by atoms with van der Waals surface area (Å²) in [6, 6.07) is 7.60. The van der Waals surface area contributed by atoms with Crippen molar-refractivity contribution in [2.24, 2.45) is 0 Å². The van der Waals surface area contributed by atoms with Crippen LogP contribution in [0.15, 0.2) is 24.3 Å². The Morgan fingerprint density at radius 1 is 1.53 bits per heavy atom. The molecule has 0 bridgehead atoms. The number of ether oxygens (including phenoxy) is 1. The Morgan fingerprint density at radius 3 is 3.00 bits per heavy atom. The number of imidazole rings is 1. The van der Waals surface area contributed by atoms with Crippen molar-refractivity contribution in [3.63, 3.8) is 0 Å². The third kappa shape index (κ3) is 2.62. The van der Waals surface area contributed by atoms with Gasteiger partial charge in [0.2, 0.25) is 5.91 Å². The molecule has 0 saturated carbocycles. The van der Waals surface area contributed by atoms with Gasteiger partial charge < -0.3 is 15.0 Å².